The summed E-state index contributed by atoms with van der Waals surface area (Å²) in [5, 5.41) is 6.05. The molecule has 3 rings (SSSR count). The summed E-state index contributed by atoms with van der Waals surface area (Å²) in [6.07, 6.45) is 0.844. The van der Waals surface area contributed by atoms with Crippen molar-refractivity contribution in [1.29, 1.82) is 0 Å². The highest BCUT2D eigenvalue weighted by atomic mass is 35.5. The van der Waals surface area contributed by atoms with E-state index in [0.717, 1.165) is 23.5 Å². The van der Waals surface area contributed by atoms with E-state index in [2.05, 4.69) is 15.2 Å². The molecule has 144 valence electrons. The van der Waals surface area contributed by atoms with Gasteiger partial charge in [0.15, 0.2) is 0 Å². The zero-order chi connectivity index (χ0) is 19.2. The number of aromatic nitrogens is 1. The molecule has 2 heterocycles. The first-order valence-corrected chi connectivity index (χ1v) is 10.3. The van der Waals surface area contributed by atoms with Crippen LogP contribution in [0.25, 0.3) is 10.6 Å². The Morgan fingerprint density at radius 2 is 2.11 bits per heavy atom. The number of nitrogens with zero attached hydrogens (tertiary/aromatic N) is 3. The topological polar surface area (TPSA) is 65.5 Å². The van der Waals surface area contributed by atoms with E-state index in [-0.39, 0.29) is 11.8 Å². The zero-order valence-corrected chi connectivity index (χ0v) is 16.9. The Bertz CT molecular complexity index is 811. The van der Waals surface area contributed by atoms with Crippen LogP contribution in [0.1, 0.15) is 23.8 Å². The molecule has 27 heavy (non-hydrogen) atoms. The van der Waals surface area contributed by atoms with Crippen molar-refractivity contribution in [3.05, 3.63) is 40.4 Å². The Morgan fingerprint density at radius 1 is 1.26 bits per heavy atom. The van der Waals surface area contributed by atoms with Crippen LogP contribution in [0.4, 0.5) is 0 Å². The monoisotopic (exact) mass is 406 g/mol. The highest BCUT2D eigenvalue weighted by molar-refractivity contribution is 7.13. The van der Waals surface area contributed by atoms with Gasteiger partial charge in [-0.15, -0.1) is 11.3 Å². The second kappa shape index (κ2) is 9.30. The summed E-state index contributed by atoms with van der Waals surface area (Å²) in [7, 11) is 0. The van der Waals surface area contributed by atoms with Gasteiger partial charge in [-0.2, -0.15) is 0 Å². The molecular formula is C19H23ClN4O2S. The molecule has 1 aliphatic heterocycles. The lowest BCUT2D eigenvalue weighted by atomic mass is 10.2. The van der Waals surface area contributed by atoms with Crippen molar-refractivity contribution in [1.82, 2.24) is 20.1 Å². The number of likely N-dealkylation sites (N-methyl/N-ethyl adjacent to an activating group) is 1. The zero-order valence-electron chi connectivity index (χ0n) is 15.3. The molecular weight excluding hydrogens is 384 g/mol. The first kappa shape index (κ1) is 19.8. The Labute approximate surface area is 168 Å². The third kappa shape index (κ3) is 5.28. The minimum Gasteiger partial charge on any atom is -0.355 e. The van der Waals surface area contributed by atoms with Gasteiger partial charge in [-0.3, -0.25) is 14.5 Å². The highest BCUT2D eigenvalue weighted by Gasteiger charge is 2.23. The summed E-state index contributed by atoms with van der Waals surface area (Å²) in [4.78, 5) is 33.0. The third-order valence-corrected chi connectivity index (χ3v) is 5.54. The largest absolute Gasteiger partial charge is 0.355 e. The van der Waals surface area contributed by atoms with E-state index in [0.29, 0.717) is 43.4 Å². The Kier molecular flexibility index (Phi) is 6.82. The van der Waals surface area contributed by atoms with Crippen LogP contribution in [0.15, 0.2) is 29.6 Å². The fourth-order valence-corrected chi connectivity index (χ4v) is 4.06. The van der Waals surface area contributed by atoms with Crippen LogP contribution in [-0.2, 0) is 4.79 Å². The number of benzene rings is 1. The van der Waals surface area contributed by atoms with Gasteiger partial charge >= 0.3 is 0 Å². The first-order chi connectivity index (χ1) is 13.1. The van der Waals surface area contributed by atoms with E-state index in [4.69, 9.17) is 11.6 Å². The predicted molar refractivity (Wildman–Crippen MR) is 108 cm³/mol. The molecule has 0 unspecified atom stereocenters. The second-order valence-corrected chi connectivity index (χ2v) is 7.72. The number of thiazole rings is 1. The molecule has 1 fully saturated rings. The standard InChI is InChI=1S/C19H23ClN4O2S/c1-2-21-17(25)12-23-7-4-8-24(10-9-23)19(26)16-13-27-18(22-16)14-5-3-6-15(20)11-14/h3,5-6,11,13H,2,4,7-10,12H2,1H3,(H,21,25). The smallest absolute Gasteiger partial charge is 0.273 e. The molecule has 0 spiro atoms. The van der Waals surface area contributed by atoms with Crippen LogP contribution in [0, 0.1) is 0 Å². The molecule has 2 amide bonds. The van der Waals surface area contributed by atoms with E-state index in [1.807, 2.05) is 36.1 Å². The van der Waals surface area contributed by atoms with Gasteiger partial charge in [0.1, 0.15) is 10.7 Å². The van der Waals surface area contributed by atoms with Crippen molar-refractivity contribution in [2.45, 2.75) is 13.3 Å². The molecule has 0 saturated carbocycles. The molecule has 1 N–H and O–H groups in total. The number of rotatable bonds is 5. The Hall–Kier alpha value is -1.96. The maximum absolute atomic E-state index is 12.8. The predicted octanol–water partition coefficient (Wildman–Crippen LogP) is 2.75. The minimum absolute atomic E-state index is 0.0305. The van der Waals surface area contributed by atoms with Crippen LogP contribution < -0.4 is 5.32 Å². The number of hydrogen-bond acceptors (Lipinski definition) is 5. The van der Waals surface area contributed by atoms with Crippen LogP contribution >= 0.6 is 22.9 Å². The number of nitrogens with one attached hydrogen (secondary N) is 1. The Morgan fingerprint density at radius 3 is 2.89 bits per heavy atom. The molecule has 6 nitrogen and oxygen atoms in total. The van der Waals surface area contributed by atoms with Gasteiger partial charge in [0.05, 0.1) is 6.54 Å². The number of carbonyl (C=O) groups excluding carboxylic acids is 2. The van der Waals surface area contributed by atoms with Crippen LogP contribution in [0.5, 0.6) is 0 Å². The molecule has 1 aromatic heterocycles. The van der Waals surface area contributed by atoms with E-state index < -0.39 is 0 Å². The number of amides is 2. The minimum atomic E-state index is -0.0561. The lowest BCUT2D eigenvalue weighted by Gasteiger charge is -2.21. The van der Waals surface area contributed by atoms with Crippen LogP contribution in [-0.4, -0.2) is 65.9 Å². The maximum atomic E-state index is 12.8. The number of halogens is 1. The molecule has 2 aromatic rings. The first-order valence-electron chi connectivity index (χ1n) is 9.06. The van der Waals surface area contributed by atoms with Crippen molar-refractivity contribution in [2.75, 3.05) is 39.3 Å². The van der Waals surface area contributed by atoms with Gasteiger partial charge in [-0.05, 0) is 25.5 Å². The van der Waals surface area contributed by atoms with E-state index in [1.165, 1.54) is 11.3 Å². The van der Waals surface area contributed by atoms with Gasteiger partial charge in [-0.1, -0.05) is 23.7 Å². The molecule has 0 atom stereocenters. The quantitative estimate of drug-likeness (QED) is 0.829. The average Bonchev–Trinajstić information content (AvgIpc) is 3.03. The Balaban J connectivity index is 1.62. The maximum Gasteiger partial charge on any atom is 0.273 e. The lowest BCUT2D eigenvalue weighted by molar-refractivity contribution is -0.122. The molecule has 0 bridgehead atoms. The van der Waals surface area contributed by atoms with Gasteiger partial charge in [0.25, 0.3) is 5.91 Å². The fourth-order valence-electron chi connectivity index (χ4n) is 3.08. The molecule has 1 aliphatic rings. The number of hydrogen-bond donors (Lipinski definition) is 1. The summed E-state index contributed by atoms with van der Waals surface area (Å²) < 4.78 is 0. The van der Waals surface area contributed by atoms with E-state index in [1.54, 1.807) is 5.38 Å². The van der Waals surface area contributed by atoms with E-state index >= 15 is 0 Å². The van der Waals surface area contributed by atoms with Crippen molar-refractivity contribution < 1.29 is 9.59 Å². The van der Waals surface area contributed by atoms with Gasteiger partial charge < -0.3 is 10.2 Å². The van der Waals surface area contributed by atoms with E-state index in [9.17, 15) is 9.59 Å². The van der Waals surface area contributed by atoms with Gasteiger partial charge in [-0.25, -0.2) is 4.98 Å². The summed E-state index contributed by atoms with van der Waals surface area (Å²) >= 11 is 7.48. The average molecular weight is 407 g/mol. The van der Waals surface area contributed by atoms with Gasteiger partial charge in [0, 0.05) is 48.7 Å². The summed E-state index contributed by atoms with van der Waals surface area (Å²) in [5.41, 5.74) is 1.38. The van der Waals surface area contributed by atoms with Crippen molar-refractivity contribution in [2.24, 2.45) is 0 Å². The highest BCUT2D eigenvalue weighted by Crippen LogP contribution is 2.26. The normalized spacial score (nSPS) is 15.4. The fraction of sp³-hybridized carbons (Fsp3) is 0.421. The number of carbonyl (C=O) groups is 2. The molecule has 1 aromatic carbocycles. The third-order valence-electron chi connectivity index (χ3n) is 4.41. The second-order valence-electron chi connectivity index (χ2n) is 6.42. The summed E-state index contributed by atoms with van der Waals surface area (Å²) in [6, 6.07) is 7.47. The molecule has 1 saturated heterocycles. The van der Waals surface area contributed by atoms with Crippen molar-refractivity contribution in [3.8, 4) is 10.6 Å². The van der Waals surface area contributed by atoms with Gasteiger partial charge in [0.2, 0.25) is 5.91 Å². The van der Waals surface area contributed by atoms with Crippen molar-refractivity contribution >= 4 is 34.8 Å². The summed E-state index contributed by atoms with van der Waals surface area (Å²) in [5.74, 6) is -0.0256. The SMILES string of the molecule is CCNC(=O)CN1CCCN(C(=O)c2csc(-c3cccc(Cl)c3)n2)CC1. The van der Waals surface area contributed by atoms with Crippen LogP contribution in [0.3, 0.4) is 0 Å². The van der Waals surface area contributed by atoms with Crippen molar-refractivity contribution in [3.63, 3.8) is 0 Å². The van der Waals surface area contributed by atoms with Crippen LogP contribution in [0.2, 0.25) is 5.02 Å². The molecule has 0 aliphatic carbocycles. The summed E-state index contributed by atoms with van der Waals surface area (Å²) in [6.45, 7) is 5.70. The molecule has 8 heteroatoms. The lowest BCUT2D eigenvalue weighted by Crippen LogP contribution is -2.40. The molecule has 0 radical (unpaired) electrons.